The molecule has 0 aliphatic heterocycles. The molecular weight excluding hydrogens is 254 g/mol. The van der Waals surface area contributed by atoms with E-state index in [1.165, 1.54) is 0 Å². The van der Waals surface area contributed by atoms with Gasteiger partial charge >= 0.3 is 0 Å². The maximum atomic E-state index is 12.3. The van der Waals surface area contributed by atoms with E-state index in [-0.39, 0.29) is 11.9 Å². The summed E-state index contributed by atoms with van der Waals surface area (Å²) in [5.74, 6) is 1.46. The Morgan fingerprint density at radius 3 is 2.65 bits per heavy atom. The normalized spacial score (nSPS) is 12.2. The van der Waals surface area contributed by atoms with Crippen LogP contribution in [0.15, 0.2) is 22.7 Å². The number of carbonyl (C=O) groups is 1. The van der Waals surface area contributed by atoms with Crippen LogP contribution in [-0.2, 0) is 0 Å². The Morgan fingerprint density at radius 1 is 1.35 bits per heavy atom. The second kappa shape index (κ2) is 5.36. The van der Waals surface area contributed by atoms with Crippen LogP contribution in [0, 0.1) is 20.8 Å². The van der Waals surface area contributed by atoms with Crippen LogP contribution in [0.25, 0.3) is 0 Å². The summed E-state index contributed by atoms with van der Waals surface area (Å²) >= 11 is 0. The number of nitrogens with zero attached hydrogens (tertiary/aromatic N) is 1. The van der Waals surface area contributed by atoms with Crippen molar-refractivity contribution in [1.29, 1.82) is 0 Å². The van der Waals surface area contributed by atoms with Crippen LogP contribution in [0.3, 0.4) is 0 Å². The second-order valence-electron chi connectivity index (χ2n) is 4.97. The second-order valence-corrected chi connectivity index (χ2v) is 4.97. The number of carbonyl (C=O) groups excluding carboxylic acids is 1. The first-order valence-electron chi connectivity index (χ1n) is 6.48. The summed E-state index contributed by atoms with van der Waals surface area (Å²) in [5.41, 5.74) is 8.28. The third-order valence-electron chi connectivity index (χ3n) is 3.25. The molecule has 5 nitrogen and oxygen atoms in total. The average molecular weight is 273 g/mol. The van der Waals surface area contributed by atoms with Gasteiger partial charge in [-0.15, -0.1) is 0 Å². The number of anilines is 1. The van der Waals surface area contributed by atoms with E-state index >= 15 is 0 Å². The number of hydrogen-bond donors (Lipinski definition) is 2. The van der Waals surface area contributed by atoms with Gasteiger partial charge in [0.25, 0.3) is 5.91 Å². The fraction of sp³-hybridized carbons (Fsp3) is 0.333. The molecule has 0 aromatic carbocycles. The lowest BCUT2D eigenvalue weighted by atomic mass is 10.1. The molecule has 0 bridgehead atoms. The van der Waals surface area contributed by atoms with Gasteiger partial charge in [-0.2, -0.15) is 0 Å². The van der Waals surface area contributed by atoms with Crippen molar-refractivity contribution in [2.45, 2.75) is 33.7 Å². The standard InChI is InChI=1S/C15H19N3O2/c1-8-5-13(11(4)20-8)10(3)18-15(19)14-6-12(16)7-17-9(14)2/h5-7,10H,16H2,1-4H3,(H,18,19). The average Bonchev–Trinajstić information content (AvgIpc) is 2.71. The summed E-state index contributed by atoms with van der Waals surface area (Å²) < 4.78 is 5.48. The van der Waals surface area contributed by atoms with Gasteiger partial charge in [0.05, 0.1) is 29.2 Å². The van der Waals surface area contributed by atoms with E-state index < -0.39 is 0 Å². The minimum absolute atomic E-state index is 0.138. The molecule has 2 aromatic heterocycles. The lowest BCUT2D eigenvalue weighted by Gasteiger charge is -2.14. The van der Waals surface area contributed by atoms with Crippen LogP contribution in [0.2, 0.25) is 0 Å². The van der Waals surface area contributed by atoms with Gasteiger partial charge in [-0.1, -0.05) is 0 Å². The van der Waals surface area contributed by atoms with Gasteiger partial charge in [0, 0.05) is 5.56 Å². The number of furan rings is 1. The number of rotatable bonds is 3. The predicted molar refractivity (Wildman–Crippen MR) is 77.4 cm³/mol. The van der Waals surface area contributed by atoms with E-state index in [0.717, 1.165) is 17.1 Å². The van der Waals surface area contributed by atoms with Gasteiger partial charge < -0.3 is 15.5 Å². The number of aryl methyl sites for hydroxylation is 3. The van der Waals surface area contributed by atoms with Crippen molar-refractivity contribution in [3.8, 4) is 0 Å². The van der Waals surface area contributed by atoms with Crippen LogP contribution in [0.1, 0.15) is 46.1 Å². The minimum Gasteiger partial charge on any atom is -0.466 e. The first-order valence-corrected chi connectivity index (χ1v) is 6.48. The molecule has 0 saturated carbocycles. The molecule has 1 amide bonds. The Hall–Kier alpha value is -2.30. The topological polar surface area (TPSA) is 81.2 Å². The molecule has 2 heterocycles. The molecule has 2 rings (SSSR count). The summed E-state index contributed by atoms with van der Waals surface area (Å²) in [6.07, 6.45) is 1.54. The number of aromatic nitrogens is 1. The van der Waals surface area contributed by atoms with Crippen molar-refractivity contribution in [1.82, 2.24) is 10.3 Å². The van der Waals surface area contributed by atoms with Crippen LogP contribution < -0.4 is 11.1 Å². The first-order chi connectivity index (χ1) is 9.38. The van der Waals surface area contributed by atoms with E-state index in [1.807, 2.05) is 26.8 Å². The first kappa shape index (κ1) is 14.1. The number of nitrogens with one attached hydrogen (secondary N) is 1. The number of nitrogens with two attached hydrogens (primary N) is 1. The third kappa shape index (κ3) is 2.82. The molecule has 0 saturated heterocycles. The van der Waals surface area contributed by atoms with Crippen molar-refractivity contribution >= 4 is 11.6 Å². The van der Waals surface area contributed by atoms with E-state index in [1.54, 1.807) is 19.2 Å². The van der Waals surface area contributed by atoms with E-state index in [2.05, 4.69) is 10.3 Å². The maximum Gasteiger partial charge on any atom is 0.253 e. The number of pyridine rings is 1. The van der Waals surface area contributed by atoms with Gasteiger partial charge in [0.1, 0.15) is 11.5 Å². The van der Waals surface area contributed by atoms with Crippen molar-refractivity contribution in [3.05, 3.63) is 46.7 Å². The molecule has 5 heteroatoms. The fourth-order valence-electron chi connectivity index (χ4n) is 2.21. The van der Waals surface area contributed by atoms with Crippen LogP contribution in [0.4, 0.5) is 5.69 Å². The highest BCUT2D eigenvalue weighted by Gasteiger charge is 2.17. The molecule has 0 aliphatic carbocycles. The van der Waals surface area contributed by atoms with Crippen molar-refractivity contribution < 1.29 is 9.21 Å². The highest BCUT2D eigenvalue weighted by molar-refractivity contribution is 5.96. The summed E-state index contributed by atoms with van der Waals surface area (Å²) in [5, 5.41) is 2.94. The van der Waals surface area contributed by atoms with E-state index in [0.29, 0.717) is 16.9 Å². The minimum atomic E-state index is -0.187. The van der Waals surface area contributed by atoms with Crippen molar-refractivity contribution in [3.63, 3.8) is 0 Å². The van der Waals surface area contributed by atoms with E-state index in [4.69, 9.17) is 10.2 Å². The Balaban J connectivity index is 2.19. The molecule has 0 radical (unpaired) electrons. The molecule has 0 fully saturated rings. The SMILES string of the molecule is Cc1cc(C(C)NC(=O)c2cc(N)cnc2C)c(C)o1. The molecule has 1 unspecified atom stereocenters. The molecular formula is C15H19N3O2. The number of nitrogen functional groups attached to an aromatic ring is 1. The Morgan fingerprint density at radius 2 is 2.05 bits per heavy atom. The molecule has 2 aromatic rings. The number of hydrogen-bond acceptors (Lipinski definition) is 4. The van der Waals surface area contributed by atoms with Crippen molar-refractivity contribution in [2.75, 3.05) is 5.73 Å². The third-order valence-corrected chi connectivity index (χ3v) is 3.25. The quantitative estimate of drug-likeness (QED) is 0.900. The number of amides is 1. The molecule has 0 spiro atoms. The molecule has 1 atom stereocenters. The molecule has 0 aliphatic rings. The molecule has 106 valence electrons. The largest absolute Gasteiger partial charge is 0.466 e. The van der Waals surface area contributed by atoms with Gasteiger partial charge in [-0.05, 0) is 39.8 Å². The van der Waals surface area contributed by atoms with Crippen LogP contribution in [-0.4, -0.2) is 10.9 Å². The van der Waals surface area contributed by atoms with Gasteiger partial charge in [-0.3, -0.25) is 9.78 Å². The lowest BCUT2D eigenvalue weighted by molar-refractivity contribution is 0.0938. The molecule has 3 N–H and O–H groups in total. The highest BCUT2D eigenvalue weighted by Crippen LogP contribution is 2.22. The van der Waals surface area contributed by atoms with Crippen LogP contribution >= 0.6 is 0 Å². The molecule has 20 heavy (non-hydrogen) atoms. The summed E-state index contributed by atoms with van der Waals surface area (Å²) in [6, 6.07) is 3.43. The van der Waals surface area contributed by atoms with Gasteiger partial charge in [-0.25, -0.2) is 0 Å². The predicted octanol–water partition coefficient (Wildman–Crippen LogP) is 2.67. The Bertz CT molecular complexity index is 647. The summed E-state index contributed by atoms with van der Waals surface area (Å²) in [4.78, 5) is 16.4. The van der Waals surface area contributed by atoms with Gasteiger partial charge in [0.2, 0.25) is 0 Å². The van der Waals surface area contributed by atoms with Crippen molar-refractivity contribution in [2.24, 2.45) is 0 Å². The fourth-order valence-corrected chi connectivity index (χ4v) is 2.21. The summed E-state index contributed by atoms with van der Waals surface area (Å²) in [7, 11) is 0. The Kier molecular flexibility index (Phi) is 3.79. The zero-order valence-corrected chi connectivity index (χ0v) is 12.2. The monoisotopic (exact) mass is 273 g/mol. The Labute approximate surface area is 118 Å². The maximum absolute atomic E-state index is 12.3. The van der Waals surface area contributed by atoms with E-state index in [9.17, 15) is 4.79 Å². The highest BCUT2D eigenvalue weighted by atomic mass is 16.3. The smallest absolute Gasteiger partial charge is 0.253 e. The van der Waals surface area contributed by atoms with Gasteiger partial charge in [0.15, 0.2) is 0 Å². The van der Waals surface area contributed by atoms with Crippen LogP contribution in [0.5, 0.6) is 0 Å². The zero-order valence-electron chi connectivity index (χ0n) is 12.2. The lowest BCUT2D eigenvalue weighted by Crippen LogP contribution is -2.27. The summed E-state index contributed by atoms with van der Waals surface area (Å²) in [6.45, 7) is 7.48. The zero-order chi connectivity index (χ0) is 14.9.